The Morgan fingerprint density at radius 3 is 2.68 bits per heavy atom. The van der Waals surface area contributed by atoms with Crippen LogP contribution in [-0.2, 0) is 11.3 Å². The topological polar surface area (TPSA) is 42.6 Å². The Labute approximate surface area is 167 Å². The predicted molar refractivity (Wildman–Crippen MR) is 107 cm³/mol. The van der Waals surface area contributed by atoms with Crippen molar-refractivity contribution < 1.29 is 9.13 Å². The summed E-state index contributed by atoms with van der Waals surface area (Å²) in [6.45, 7) is 3.36. The highest BCUT2D eigenvalue weighted by atomic mass is 35.5. The van der Waals surface area contributed by atoms with Crippen LogP contribution in [0.3, 0.4) is 0 Å². The van der Waals surface area contributed by atoms with Crippen LogP contribution in [0.25, 0.3) is 5.69 Å². The van der Waals surface area contributed by atoms with E-state index < -0.39 is 0 Å². The molecule has 7 heteroatoms. The number of anilines is 1. The van der Waals surface area contributed by atoms with Gasteiger partial charge in [0.25, 0.3) is 0 Å². The van der Waals surface area contributed by atoms with Crippen molar-refractivity contribution in [2.75, 3.05) is 31.2 Å². The van der Waals surface area contributed by atoms with Crippen LogP contribution in [0.15, 0.2) is 53.8 Å². The largest absolute Gasteiger partial charge is 0.378 e. The number of morpholine rings is 1. The first-order valence-corrected chi connectivity index (χ1v) is 9.59. The van der Waals surface area contributed by atoms with Crippen LogP contribution in [0.2, 0.25) is 5.02 Å². The molecule has 3 heterocycles. The number of hydrogen-bond donors (Lipinski definition) is 0. The number of benzene rings is 2. The zero-order valence-corrected chi connectivity index (χ0v) is 15.9. The summed E-state index contributed by atoms with van der Waals surface area (Å²) in [4.78, 5) is 11.7. The molecule has 5 nitrogen and oxygen atoms in total. The lowest BCUT2D eigenvalue weighted by Gasteiger charge is -2.27. The van der Waals surface area contributed by atoms with Crippen LogP contribution in [0.1, 0.15) is 16.8 Å². The lowest BCUT2D eigenvalue weighted by molar-refractivity contribution is 0.122. The number of rotatable bonds is 2. The number of aromatic nitrogens is 2. The molecule has 142 valence electrons. The van der Waals surface area contributed by atoms with Gasteiger partial charge in [0.2, 0.25) is 0 Å². The third kappa shape index (κ3) is 2.89. The first kappa shape index (κ1) is 17.4. The SMILES string of the molecule is Fc1ccccc1C1=NCc2c(N3CCOCC3)ncn2-c2ccc(Cl)cc21. The second kappa shape index (κ2) is 7.04. The number of aliphatic imine (C=N–C) groups is 1. The van der Waals surface area contributed by atoms with Gasteiger partial charge in [0.05, 0.1) is 36.9 Å². The number of hydrogen-bond acceptors (Lipinski definition) is 4. The highest BCUT2D eigenvalue weighted by Gasteiger charge is 2.26. The molecule has 2 aliphatic heterocycles. The molecule has 2 aromatic carbocycles. The number of nitrogens with zero attached hydrogens (tertiary/aromatic N) is 4. The van der Waals surface area contributed by atoms with Crippen molar-refractivity contribution in [3.8, 4) is 5.69 Å². The fourth-order valence-corrected chi connectivity index (χ4v) is 3.96. The molecule has 0 aliphatic carbocycles. The second-order valence-electron chi connectivity index (χ2n) is 6.79. The lowest BCUT2D eigenvalue weighted by atomic mass is 10.00. The molecule has 0 saturated carbocycles. The van der Waals surface area contributed by atoms with E-state index in [4.69, 9.17) is 21.3 Å². The third-order valence-corrected chi connectivity index (χ3v) is 5.38. The minimum atomic E-state index is -0.301. The van der Waals surface area contributed by atoms with E-state index in [0.717, 1.165) is 35.9 Å². The summed E-state index contributed by atoms with van der Waals surface area (Å²) in [6, 6.07) is 12.3. The van der Waals surface area contributed by atoms with Crippen LogP contribution in [0.5, 0.6) is 0 Å². The third-order valence-electron chi connectivity index (χ3n) is 5.14. The fourth-order valence-electron chi connectivity index (χ4n) is 3.79. The van der Waals surface area contributed by atoms with Gasteiger partial charge in [0, 0.05) is 29.2 Å². The number of imidazole rings is 1. The molecule has 0 bridgehead atoms. The van der Waals surface area contributed by atoms with E-state index >= 15 is 0 Å². The Hall–Kier alpha value is -2.70. The molecule has 1 aromatic heterocycles. The quantitative estimate of drug-likeness (QED) is 0.660. The van der Waals surface area contributed by atoms with Gasteiger partial charge in [-0.2, -0.15) is 0 Å². The van der Waals surface area contributed by atoms with E-state index in [1.165, 1.54) is 6.07 Å². The van der Waals surface area contributed by atoms with Gasteiger partial charge in [-0.1, -0.05) is 23.7 Å². The Morgan fingerprint density at radius 2 is 1.86 bits per heavy atom. The van der Waals surface area contributed by atoms with Gasteiger partial charge in [-0.25, -0.2) is 9.37 Å². The van der Waals surface area contributed by atoms with Crippen LogP contribution in [-0.4, -0.2) is 41.6 Å². The van der Waals surface area contributed by atoms with Crippen LogP contribution >= 0.6 is 11.6 Å². The minimum absolute atomic E-state index is 0.301. The zero-order valence-electron chi connectivity index (χ0n) is 15.1. The van der Waals surface area contributed by atoms with E-state index in [-0.39, 0.29) is 5.82 Å². The molecule has 2 aliphatic rings. The maximum absolute atomic E-state index is 14.6. The van der Waals surface area contributed by atoms with Crippen molar-refractivity contribution in [1.82, 2.24) is 9.55 Å². The summed E-state index contributed by atoms with van der Waals surface area (Å²) in [6.07, 6.45) is 1.81. The zero-order chi connectivity index (χ0) is 19.1. The Bertz CT molecular complexity index is 1070. The first-order chi connectivity index (χ1) is 13.7. The van der Waals surface area contributed by atoms with Crippen LogP contribution in [0.4, 0.5) is 10.2 Å². The molecule has 0 N–H and O–H groups in total. The van der Waals surface area contributed by atoms with Crippen molar-refractivity contribution in [2.45, 2.75) is 6.54 Å². The Morgan fingerprint density at radius 1 is 1.04 bits per heavy atom. The second-order valence-corrected chi connectivity index (χ2v) is 7.23. The van der Waals surface area contributed by atoms with Gasteiger partial charge in [-0.15, -0.1) is 0 Å². The maximum Gasteiger partial charge on any atom is 0.152 e. The summed E-state index contributed by atoms with van der Waals surface area (Å²) in [7, 11) is 0. The summed E-state index contributed by atoms with van der Waals surface area (Å²) >= 11 is 6.28. The van der Waals surface area contributed by atoms with E-state index in [9.17, 15) is 4.39 Å². The van der Waals surface area contributed by atoms with Crippen molar-refractivity contribution >= 4 is 23.1 Å². The van der Waals surface area contributed by atoms with E-state index in [1.54, 1.807) is 12.1 Å². The molecule has 0 radical (unpaired) electrons. The van der Waals surface area contributed by atoms with E-state index in [0.29, 0.717) is 36.1 Å². The van der Waals surface area contributed by atoms with Gasteiger partial charge >= 0.3 is 0 Å². The smallest absolute Gasteiger partial charge is 0.152 e. The van der Waals surface area contributed by atoms with Gasteiger partial charge < -0.3 is 9.64 Å². The molecule has 1 saturated heterocycles. The molecular formula is C21H18ClFN4O. The van der Waals surface area contributed by atoms with Crippen LogP contribution < -0.4 is 4.90 Å². The van der Waals surface area contributed by atoms with Gasteiger partial charge in [-0.3, -0.25) is 9.56 Å². The highest BCUT2D eigenvalue weighted by molar-refractivity contribution is 6.31. The van der Waals surface area contributed by atoms with Crippen molar-refractivity contribution in [3.63, 3.8) is 0 Å². The predicted octanol–water partition coefficient (Wildman–Crippen LogP) is 3.85. The summed E-state index contributed by atoms with van der Waals surface area (Å²) < 4.78 is 22.1. The Kier molecular flexibility index (Phi) is 4.37. The van der Waals surface area contributed by atoms with Crippen molar-refractivity contribution in [1.29, 1.82) is 0 Å². The molecular weight excluding hydrogens is 379 g/mol. The molecule has 0 spiro atoms. The molecule has 0 atom stereocenters. The van der Waals surface area contributed by atoms with Crippen molar-refractivity contribution in [3.05, 3.63) is 76.5 Å². The Balaban J connectivity index is 1.69. The molecule has 0 unspecified atom stereocenters. The molecule has 28 heavy (non-hydrogen) atoms. The van der Waals surface area contributed by atoms with Crippen LogP contribution in [0, 0.1) is 5.82 Å². The fraction of sp³-hybridized carbons (Fsp3) is 0.238. The molecule has 1 fully saturated rings. The summed E-state index contributed by atoms with van der Waals surface area (Å²) in [5.41, 5.74) is 3.75. The first-order valence-electron chi connectivity index (χ1n) is 9.21. The minimum Gasteiger partial charge on any atom is -0.378 e. The highest BCUT2D eigenvalue weighted by Crippen LogP contribution is 2.32. The number of ether oxygens (including phenoxy) is 1. The molecule has 5 rings (SSSR count). The molecule has 3 aromatic rings. The monoisotopic (exact) mass is 396 g/mol. The normalized spacial score (nSPS) is 16.2. The number of fused-ring (bicyclic) bond motifs is 3. The average Bonchev–Trinajstić information content (AvgIpc) is 3.07. The van der Waals surface area contributed by atoms with Gasteiger partial charge in [0.1, 0.15) is 12.1 Å². The van der Waals surface area contributed by atoms with Gasteiger partial charge in [-0.05, 0) is 30.3 Å². The maximum atomic E-state index is 14.6. The number of halogens is 2. The van der Waals surface area contributed by atoms with Crippen molar-refractivity contribution in [2.24, 2.45) is 4.99 Å². The van der Waals surface area contributed by atoms with Gasteiger partial charge in [0.15, 0.2) is 5.82 Å². The standard InChI is InChI=1S/C21H18ClFN4O/c22-14-5-6-18-16(11-14)20(15-3-1-2-4-17(15)23)24-12-19-21(25-13-27(18)19)26-7-9-28-10-8-26/h1-6,11,13H,7-10,12H2. The van der Waals surface area contributed by atoms with E-state index in [1.807, 2.05) is 35.2 Å². The van der Waals surface area contributed by atoms with E-state index in [2.05, 4.69) is 9.88 Å². The molecule has 0 amide bonds. The summed E-state index contributed by atoms with van der Waals surface area (Å²) in [5.74, 6) is 0.605. The lowest BCUT2D eigenvalue weighted by Crippen LogP contribution is -2.37. The summed E-state index contributed by atoms with van der Waals surface area (Å²) in [5, 5.41) is 0.583. The average molecular weight is 397 g/mol.